The molecule has 0 saturated carbocycles. The monoisotopic (exact) mass is 898 g/mol. The molecule has 3 aromatic heterocycles. The third-order valence-corrected chi connectivity index (χ3v) is 19.1. The zero-order chi connectivity index (χ0) is 46.1. The van der Waals surface area contributed by atoms with E-state index in [0.29, 0.717) is 0 Å². The lowest BCUT2D eigenvalue weighted by atomic mass is 9.43. The Morgan fingerprint density at radius 3 is 1.94 bits per heavy atom. The van der Waals surface area contributed by atoms with Crippen LogP contribution in [0.5, 0.6) is 0 Å². The highest BCUT2D eigenvalue weighted by Gasteiger charge is 2.48. The summed E-state index contributed by atoms with van der Waals surface area (Å²) in [6.07, 6.45) is 4.73. The van der Waals surface area contributed by atoms with Gasteiger partial charge in [0.2, 0.25) is 0 Å². The van der Waals surface area contributed by atoms with Crippen LogP contribution in [0, 0.1) is 6.92 Å². The average Bonchev–Trinajstić information content (AvgIpc) is 4.00. The summed E-state index contributed by atoms with van der Waals surface area (Å²) in [6, 6.07) is 47.4. The van der Waals surface area contributed by atoms with Gasteiger partial charge in [-0.3, -0.25) is 0 Å². The molecule has 0 N–H and O–H groups in total. The van der Waals surface area contributed by atoms with Gasteiger partial charge in [0.1, 0.15) is 11.2 Å². The minimum absolute atomic E-state index is 0.0443. The standard InChI is InChI=1S/C63H55BN2OS/c1-34-29-41-43(62(6,7)27-25-60(41,2)3)32-48(34)66-47-23-24-51-54(40-30-42-44(33-52(40)68-51)63(8,9)28-26-61(42,4)5)55(47)56-57-49(31-39-37-17-12-13-20-50(37)67-59(39)56)65-46-22-21-35-15-10-11-16-36(35)53(46)38-18-14-19-45(58(38)65)64(57)66/h10-24,29-33H,25-28H2,1-9H3. The van der Waals surface area contributed by atoms with Crippen LogP contribution in [0.1, 0.15) is 109 Å². The number of furan rings is 1. The summed E-state index contributed by atoms with van der Waals surface area (Å²) >= 11 is 1.97. The second-order valence-electron chi connectivity index (χ2n) is 23.7. The molecule has 11 aromatic rings. The smallest absolute Gasteiger partial charge is 0.333 e. The number of thiophene rings is 1. The Balaban J connectivity index is 1.17. The molecule has 15 rings (SSSR count). The van der Waals surface area contributed by atoms with Gasteiger partial charge in [0.15, 0.2) is 0 Å². The average molecular weight is 899 g/mol. The minimum atomic E-state index is -0.122. The molecule has 0 amide bonds. The molecule has 0 unspecified atom stereocenters. The molecular weight excluding hydrogens is 844 g/mol. The fourth-order valence-corrected chi connectivity index (χ4v) is 15.2. The molecule has 5 heterocycles. The van der Waals surface area contributed by atoms with E-state index in [1.165, 1.54) is 151 Å². The highest BCUT2D eigenvalue weighted by molar-refractivity contribution is 7.26. The summed E-state index contributed by atoms with van der Waals surface area (Å²) in [5.41, 5.74) is 21.2. The number of hydrogen-bond donors (Lipinski definition) is 0. The van der Waals surface area contributed by atoms with Crippen molar-refractivity contribution in [2.75, 3.05) is 4.81 Å². The van der Waals surface area contributed by atoms with Crippen LogP contribution >= 0.6 is 11.3 Å². The Hall–Kier alpha value is -6.30. The largest absolute Gasteiger partial charge is 0.455 e. The molecule has 0 bridgehead atoms. The van der Waals surface area contributed by atoms with Crippen LogP contribution in [0.25, 0.3) is 91.5 Å². The maximum atomic E-state index is 7.32. The molecule has 0 fully saturated rings. The van der Waals surface area contributed by atoms with Crippen molar-refractivity contribution >= 4 is 115 Å². The highest BCUT2D eigenvalue weighted by Crippen LogP contribution is 2.57. The first kappa shape index (κ1) is 39.7. The summed E-state index contributed by atoms with van der Waals surface area (Å²) in [7, 11) is 0. The van der Waals surface area contributed by atoms with Gasteiger partial charge in [0.05, 0.1) is 11.0 Å². The van der Waals surface area contributed by atoms with E-state index < -0.39 is 0 Å². The third-order valence-electron chi connectivity index (χ3n) is 18.0. The van der Waals surface area contributed by atoms with Gasteiger partial charge in [0.25, 0.3) is 0 Å². The molecule has 0 atom stereocenters. The molecule has 0 radical (unpaired) electrons. The second-order valence-corrected chi connectivity index (χ2v) is 24.8. The Kier molecular flexibility index (Phi) is 7.39. The Morgan fingerprint density at radius 1 is 0.515 bits per heavy atom. The van der Waals surface area contributed by atoms with Crippen molar-refractivity contribution in [3.05, 3.63) is 149 Å². The van der Waals surface area contributed by atoms with E-state index in [1.54, 1.807) is 0 Å². The number of rotatable bonds is 1. The predicted octanol–water partition coefficient (Wildman–Crippen LogP) is 16.4. The Bertz CT molecular complexity index is 4130. The third kappa shape index (κ3) is 4.86. The molecule has 4 aliphatic rings. The van der Waals surface area contributed by atoms with Crippen LogP contribution in [0.3, 0.4) is 0 Å². The van der Waals surface area contributed by atoms with Gasteiger partial charge in [-0.05, 0) is 152 Å². The van der Waals surface area contributed by atoms with E-state index in [-0.39, 0.29) is 28.5 Å². The van der Waals surface area contributed by atoms with Crippen LogP contribution in [-0.2, 0) is 21.7 Å². The summed E-state index contributed by atoms with van der Waals surface area (Å²) in [4.78, 5) is 2.80. The van der Waals surface area contributed by atoms with Crippen LogP contribution in [0.15, 0.2) is 126 Å². The first-order chi connectivity index (χ1) is 32.6. The van der Waals surface area contributed by atoms with E-state index in [1.807, 2.05) is 11.3 Å². The summed E-state index contributed by atoms with van der Waals surface area (Å²) < 4.78 is 12.7. The number of fused-ring (bicyclic) bond motifs is 19. The lowest BCUT2D eigenvalue weighted by Gasteiger charge is -2.46. The van der Waals surface area contributed by atoms with Crippen LogP contribution < -0.4 is 15.7 Å². The van der Waals surface area contributed by atoms with Crippen molar-refractivity contribution in [3.63, 3.8) is 0 Å². The maximum Gasteiger partial charge on any atom is 0.333 e. The Labute approximate surface area is 402 Å². The van der Waals surface area contributed by atoms with Crippen LogP contribution in [0.2, 0.25) is 0 Å². The molecule has 5 heteroatoms. The minimum Gasteiger partial charge on any atom is -0.455 e. The van der Waals surface area contributed by atoms with Crippen molar-refractivity contribution < 1.29 is 4.42 Å². The summed E-state index contributed by atoms with van der Waals surface area (Å²) in [6.45, 7) is 22.0. The number of para-hydroxylation sites is 2. The number of benzene rings is 8. The molecule has 0 saturated heterocycles. The maximum absolute atomic E-state index is 7.32. The number of nitrogens with zero attached hydrogens (tertiary/aromatic N) is 2. The normalized spacial score (nSPS) is 18.2. The quantitative estimate of drug-likeness (QED) is 0.153. The molecule has 68 heavy (non-hydrogen) atoms. The first-order valence-corrected chi connectivity index (χ1v) is 25.9. The van der Waals surface area contributed by atoms with Crippen LogP contribution in [-0.4, -0.2) is 11.4 Å². The van der Waals surface area contributed by atoms with Crippen LogP contribution in [0.4, 0.5) is 11.4 Å². The second kappa shape index (κ2) is 12.7. The molecular formula is C63H55BN2OS. The van der Waals surface area contributed by atoms with E-state index in [4.69, 9.17) is 4.42 Å². The lowest BCUT2D eigenvalue weighted by molar-refractivity contribution is 0.332. The van der Waals surface area contributed by atoms with Gasteiger partial charge >= 0.3 is 6.85 Å². The van der Waals surface area contributed by atoms with Crippen molar-refractivity contribution in [2.24, 2.45) is 0 Å². The van der Waals surface area contributed by atoms with Crippen molar-refractivity contribution in [1.82, 2.24) is 4.57 Å². The van der Waals surface area contributed by atoms with Gasteiger partial charge < -0.3 is 13.8 Å². The zero-order valence-corrected chi connectivity index (χ0v) is 41.5. The number of anilines is 2. The molecule has 2 aliphatic heterocycles. The van der Waals surface area contributed by atoms with Gasteiger partial charge in [0, 0.05) is 69.9 Å². The van der Waals surface area contributed by atoms with Crippen molar-refractivity contribution in [2.45, 2.75) is 110 Å². The van der Waals surface area contributed by atoms with E-state index in [9.17, 15) is 0 Å². The highest BCUT2D eigenvalue weighted by atomic mass is 32.1. The van der Waals surface area contributed by atoms with Gasteiger partial charge in [-0.1, -0.05) is 128 Å². The number of aromatic nitrogens is 1. The lowest BCUT2D eigenvalue weighted by Crippen LogP contribution is -2.60. The summed E-state index contributed by atoms with van der Waals surface area (Å²) in [5.74, 6) is 0. The SMILES string of the molecule is Cc1cc2c(cc1N1B3c4c(cc5c(oc6ccccc65)c4-c4c1ccc1sc5cc6c(cc5c41)C(C)(C)CCC6(C)C)-n1c4ccc5ccccc5c4c4cccc3c41)C(C)(C)CCC2(C)C. The van der Waals surface area contributed by atoms with Gasteiger partial charge in [-0.15, -0.1) is 11.3 Å². The van der Waals surface area contributed by atoms with E-state index >= 15 is 0 Å². The molecule has 332 valence electrons. The molecule has 8 aromatic carbocycles. The van der Waals surface area contributed by atoms with Crippen molar-refractivity contribution in [1.29, 1.82) is 0 Å². The Morgan fingerprint density at radius 2 is 1.18 bits per heavy atom. The van der Waals surface area contributed by atoms with Gasteiger partial charge in [-0.2, -0.15) is 0 Å². The first-order valence-electron chi connectivity index (χ1n) is 25.0. The molecule has 3 nitrogen and oxygen atoms in total. The molecule has 0 spiro atoms. The zero-order valence-electron chi connectivity index (χ0n) is 40.7. The number of hydrogen-bond acceptors (Lipinski definition) is 3. The predicted molar refractivity (Wildman–Crippen MR) is 293 cm³/mol. The fourth-order valence-electron chi connectivity index (χ4n) is 14.1. The van der Waals surface area contributed by atoms with Crippen molar-refractivity contribution in [3.8, 4) is 16.8 Å². The number of aryl methyl sites for hydroxylation is 1. The molecule has 2 aliphatic carbocycles. The van der Waals surface area contributed by atoms with E-state index in [0.717, 1.165) is 16.6 Å². The fraction of sp³-hybridized carbons (Fsp3) is 0.270. The van der Waals surface area contributed by atoms with Gasteiger partial charge in [-0.25, -0.2) is 0 Å². The topological polar surface area (TPSA) is 21.3 Å². The van der Waals surface area contributed by atoms with E-state index in [2.05, 4.69) is 193 Å². The summed E-state index contributed by atoms with van der Waals surface area (Å²) in [5, 5.41) is 10.3.